The molecule has 17 heavy (non-hydrogen) atoms. The first-order chi connectivity index (χ1) is 8.27. The first-order valence-corrected chi connectivity index (χ1v) is 6.14. The van der Waals surface area contributed by atoms with Gasteiger partial charge in [0.2, 0.25) is 5.91 Å². The first kappa shape index (κ1) is 12.0. The monoisotopic (exact) mass is 233 g/mol. The van der Waals surface area contributed by atoms with Gasteiger partial charge in [0.15, 0.2) is 0 Å². The van der Waals surface area contributed by atoms with Crippen LogP contribution in [-0.4, -0.2) is 35.4 Å². The lowest BCUT2D eigenvalue weighted by Crippen LogP contribution is -2.47. The SMILES string of the molecule is CN1CCCCC1C(=O)NCc1cccnc1. The zero-order valence-corrected chi connectivity index (χ0v) is 10.2. The fraction of sp³-hybridized carbons (Fsp3) is 0.538. The predicted molar refractivity (Wildman–Crippen MR) is 66.4 cm³/mol. The Labute approximate surface area is 102 Å². The van der Waals surface area contributed by atoms with Crippen LogP contribution in [0.2, 0.25) is 0 Å². The smallest absolute Gasteiger partial charge is 0.237 e. The molecular formula is C13H19N3O. The minimum absolute atomic E-state index is 0.0421. The van der Waals surface area contributed by atoms with E-state index in [9.17, 15) is 4.79 Å². The average Bonchev–Trinajstić information content (AvgIpc) is 2.38. The fourth-order valence-corrected chi connectivity index (χ4v) is 2.22. The van der Waals surface area contributed by atoms with Crippen LogP contribution >= 0.6 is 0 Å². The van der Waals surface area contributed by atoms with Crippen LogP contribution < -0.4 is 5.32 Å². The van der Waals surface area contributed by atoms with Crippen LogP contribution in [0.5, 0.6) is 0 Å². The summed E-state index contributed by atoms with van der Waals surface area (Å²) >= 11 is 0. The molecule has 0 radical (unpaired) electrons. The average molecular weight is 233 g/mol. The number of pyridine rings is 1. The molecule has 0 aliphatic carbocycles. The van der Waals surface area contributed by atoms with Gasteiger partial charge < -0.3 is 5.32 Å². The molecule has 0 aromatic carbocycles. The summed E-state index contributed by atoms with van der Waals surface area (Å²) in [6.45, 7) is 1.59. The van der Waals surface area contributed by atoms with E-state index in [2.05, 4.69) is 15.2 Å². The van der Waals surface area contributed by atoms with Crippen molar-refractivity contribution in [3.8, 4) is 0 Å². The highest BCUT2D eigenvalue weighted by Gasteiger charge is 2.25. The van der Waals surface area contributed by atoms with E-state index in [1.165, 1.54) is 6.42 Å². The minimum atomic E-state index is 0.0421. The molecule has 1 aliphatic heterocycles. The van der Waals surface area contributed by atoms with Gasteiger partial charge in [-0.15, -0.1) is 0 Å². The molecule has 92 valence electrons. The second-order valence-electron chi connectivity index (χ2n) is 4.57. The van der Waals surface area contributed by atoms with Crippen LogP contribution in [-0.2, 0) is 11.3 Å². The molecule has 1 N–H and O–H groups in total. The number of carbonyl (C=O) groups excluding carboxylic acids is 1. The van der Waals surface area contributed by atoms with Crippen molar-refractivity contribution in [3.63, 3.8) is 0 Å². The van der Waals surface area contributed by atoms with E-state index in [0.717, 1.165) is 24.9 Å². The van der Waals surface area contributed by atoms with E-state index in [1.807, 2.05) is 19.2 Å². The van der Waals surface area contributed by atoms with E-state index in [1.54, 1.807) is 12.4 Å². The zero-order chi connectivity index (χ0) is 12.1. The topological polar surface area (TPSA) is 45.2 Å². The minimum Gasteiger partial charge on any atom is -0.351 e. The molecule has 0 bridgehead atoms. The van der Waals surface area contributed by atoms with Crippen LogP contribution in [0.3, 0.4) is 0 Å². The van der Waals surface area contributed by atoms with Gasteiger partial charge in [0, 0.05) is 18.9 Å². The van der Waals surface area contributed by atoms with Crippen LogP contribution in [0.25, 0.3) is 0 Å². The van der Waals surface area contributed by atoms with Gasteiger partial charge in [-0.05, 0) is 38.1 Å². The number of carbonyl (C=O) groups is 1. The zero-order valence-electron chi connectivity index (χ0n) is 10.2. The summed E-state index contributed by atoms with van der Waals surface area (Å²) in [5, 5.41) is 2.98. The summed E-state index contributed by atoms with van der Waals surface area (Å²) in [7, 11) is 2.02. The largest absolute Gasteiger partial charge is 0.351 e. The second kappa shape index (κ2) is 5.77. The number of nitrogens with zero attached hydrogens (tertiary/aromatic N) is 2. The maximum Gasteiger partial charge on any atom is 0.237 e. The standard InChI is InChI=1S/C13H19N3O/c1-16-8-3-2-6-12(16)13(17)15-10-11-5-4-7-14-9-11/h4-5,7,9,12H,2-3,6,8,10H2,1H3,(H,15,17). The van der Waals surface area contributed by atoms with Crippen LogP contribution in [0, 0.1) is 0 Å². The summed E-state index contributed by atoms with van der Waals surface area (Å²) in [5.41, 5.74) is 1.04. The molecule has 2 rings (SSSR count). The predicted octanol–water partition coefficient (Wildman–Crippen LogP) is 1.18. The third-order valence-electron chi connectivity index (χ3n) is 3.26. The molecule has 4 nitrogen and oxygen atoms in total. The second-order valence-corrected chi connectivity index (χ2v) is 4.57. The van der Waals surface area contributed by atoms with Gasteiger partial charge in [0.25, 0.3) is 0 Å². The quantitative estimate of drug-likeness (QED) is 0.852. The number of rotatable bonds is 3. The Kier molecular flexibility index (Phi) is 4.09. The summed E-state index contributed by atoms with van der Waals surface area (Å²) in [4.78, 5) is 18.2. The van der Waals surface area contributed by atoms with E-state index in [-0.39, 0.29) is 11.9 Å². The van der Waals surface area contributed by atoms with Crippen molar-refractivity contribution in [1.82, 2.24) is 15.2 Å². The van der Waals surface area contributed by atoms with Crippen molar-refractivity contribution in [2.75, 3.05) is 13.6 Å². The van der Waals surface area contributed by atoms with Gasteiger partial charge in [-0.25, -0.2) is 0 Å². The Morgan fingerprint density at radius 2 is 2.47 bits per heavy atom. The molecule has 1 aliphatic rings. The van der Waals surface area contributed by atoms with Crippen molar-refractivity contribution in [1.29, 1.82) is 0 Å². The van der Waals surface area contributed by atoms with E-state index in [4.69, 9.17) is 0 Å². The lowest BCUT2D eigenvalue weighted by molar-refractivity contribution is -0.127. The molecule has 1 saturated heterocycles. The van der Waals surface area contributed by atoms with E-state index >= 15 is 0 Å². The fourth-order valence-electron chi connectivity index (χ4n) is 2.22. The highest BCUT2D eigenvalue weighted by Crippen LogP contribution is 2.14. The molecule has 1 unspecified atom stereocenters. The Morgan fingerprint density at radius 3 is 3.18 bits per heavy atom. The van der Waals surface area contributed by atoms with Gasteiger partial charge in [0.1, 0.15) is 0 Å². The normalized spacial score (nSPS) is 21.1. The van der Waals surface area contributed by atoms with Gasteiger partial charge in [-0.3, -0.25) is 14.7 Å². The lowest BCUT2D eigenvalue weighted by Gasteiger charge is -2.31. The van der Waals surface area contributed by atoms with Crippen molar-refractivity contribution < 1.29 is 4.79 Å². The molecule has 2 heterocycles. The molecule has 0 saturated carbocycles. The molecular weight excluding hydrogens is 214 g/mol. The van der Waals surface area contributed by atoms with Crippen LogP contribution in [0.1, 0.15) is 24.8 Å². The summed E-state index contributed by atoms with van der Waals surface area (Å²) in [6.07, 6.45) is 6.83. The van der Waals surface area contributed by atoms with Crippen LogP contribution in [0.15, 0.2) is 24.5 Å². The molecule has 4 heteroatoms. The molecule has 1 aromatic heterocycles. The third kappa shape index (κ3) is 3.27. The van der Waals surface area contributed by atoms with Crippen LogP contribution in [0.4, 0.5) is 0 Å². The molecule has 1 fully saturated rings. The van der Waals surface area contributed by atoms with Crippen molar-refractivity contribution in [2.45, 2.75) is 31.8 Å². The molecule has 1 amide bonds. The number of hydrogen-bond acceptors (Lipinski definition) is 3. The maximum absolute atomic E-state index is 12.0. The highest BCUT2D eigenvalue weighted by atomic mass is 16.2. The maximum atomic E-state index is 12.0. The Bertz CT molecular complexity index is 366. The number of likely N-dealkylation sites (tertiary alicyclic amines) is 1. The van der Waals surface area contributed by atoms with Gasteiger partial charge in [0.05, 0.1) is 6.04 Å². The Hall–Kier alpha value is -1.42. The Balaban J connectivity index is 1.84. The molecule has 1 atom stereocenters. The summed E-state index contributed by atoms with van der Waals surface area (Å²) < 4.78 is 0. The highest BCUT2D eigenvalue weighted by molar-refractivity contribution is 5.81. The van der Waals surface area contributed by atoms with E-state index in [0.29, 0.717) is 6.54 Å². The number of piperidine rings is 1. The lowest BCUT2D eigenvalue weighted by atomic mass is 10.0. The third-order valence-corrected chi connectivity index (χ3v) is 3.26. The number of likely N-dealkylation sites (N-methyl/N-ethyl adjacent to an activating group) is 1. The van der Waals surface area contributed by atoms with Gasteiger partial charge in [-0.1, -0.05) is 12.5 Å². The first-order valence-electron chi connectivity index (χ1n) is 6.14. The Morgan fingerprint density at radius 1 is 1.59 bits per heavy atom. The van der Waals surface area contributed by atoms with Crippen molar-refractivity contribution >= 4 is 5.91 Å². The number of hydrogen-bond donors (Lipinski definition) is 1. The number of nitrogens with one attached hydrogen (secondary N) is 1. The summed E-state index contributed by atoms with van der Waals surface area (Å²) in [5.74, 6) is 0.135. The van der Waals surface area contributed by atoms with Crippen molar-refractivity contribution in [2.24, 2.45) is 0 Å². The van der Waals surface area contributed by atoms with E-state index < -0.39 is 0 Å². The van der Waals surface area contributed by atoms with Gasteiger partial charge >= 0.3 is 0 Å². The van der Waals surface area contributed by atoms with Crippen molar-refractivity contribution in [3.05, 3.63) is 30.1 Å². The molecule has 1 aromatic rings. The number of aromatic nitrogens is 1. The molecule has 0 spiro atoms. The number of amides is 1. The summed E-state index contributed by atoms with van der Waals surface area (Å²) in [6, 6.07) is 3.90. The van der Waals surface area contributed by atoms with Gasteiger partial charge in [-0.2, -0.15) is 0 Å².